The number of hydrogen-bond donors (Lipinski definition) is 1. The fraction of sp³-hybridized carbons (Fsp3) is 0.606. The second kappa shape index (κ2) is 13.6. The van der Waals surface area contributed by atoms with Crippen molar-refractivity contribution in [3.05, 3.63) is 54.1 Å². The standard InChI is InChI=1S/C33H45ClN2O5S/c1-7-10-11-12-17-41-32(40)26-25-18-22(6)33(42-25)27(26)30(38)36(24(19-37)20(4)9-3)29(33)31(39)35(16-8-2)28-21(5)14-13-15-23(28)34/h7-8,13-15,20,22,24-27,29,37H,1-2,9-12,16-19H2,3-6H3/t20-,22?,24-,25-,26+,27-,29?,33?/m0/s1. The average Bonchev–Trinajstić information content (AvgIpc) is 3.56. The Labute approximate surface area is 259 Å². The van der Waals surface area contributed by atoms with E-state index in [1.807, 2.05) is 39.0 Å². The summed E-state index contributed by atoms with van der Waals surface area (Å²) in [5.41, 5.74) is 1.42. The van der Waals surface area contributed by atoms with Crippen LogP contribution in [-0.2, 0) is 19.1 Å². The van der Waals surface area contributed by atoms with Crippen molar-refractivity contribution in [2.75, 3.05) is 24.7 Å². The number of likely N-dealkylation sites (tertiary alicyclic amines) is 1. The van der Waals surface area contributed by atoms with Crippen LogP contribution in [0.25, 0.3) is 0 Å². The van der Waals surface area contributed by atoms with E-state index in [2.05, 4.69) is 20.1 Å². The normalized spacial score (nSPS) is 29.2. The Morgan fingerprint density at radius 2 is 2.05 bits per heavy atom. The lowest BCUT2D eigenvalue weighted by atomic mass is 9.66. The summed E-state index contributed by atoms with van der Waals surface area (Å²) in [5.74, 6) is -2.27. The van der Waals surface area contributed by atoms with Crippen LogP contribution in [0.2, 0.25) is 5.02 Å². The summed E-state index contributed by atoms with van der Waals surface area (Å²) in [6.07, 6.45) is 7.38. The molecule has 3 unspecified atom stereocenters. The highest BCUT2D eigenvalue weighted by Crippen LogP contribution is 2.69. The summed E-state index contributed by atoms with van der Waals surface area (Å²) in [7, 11) is 0. The zero-order chi connectivity index (χ0) is 30.8. The molecule has 4 rings (SSSR count). The fourth-order valence-corrected chi connectivity index (χ4v) is 10.1. The maximum atomic E-state index is 15.0. The van der Waals surface area contributed by atoms with Gasteiger partial charge in [0.2, 0.25) is 5.91 Å². The number of allylic oxidation sites excluding steroid dienone is 1. The Morgan fingerprint density at radius 3 is 2.67 bits per heavy atom. The van der Waals surface area contributed by atoms with E-state index in [0.717, 1.165) is 31.2 Å². The number of hydrogen-bond acceptors (Lipinski definition) is 6. The molecule has 1 spiro atoms. The van der Waals surface area contributed by atoms with E-state index >= 15 is 0 Å². The van der Waals surface area contributed by atoms with Crippen molar-refractivity contribution in [2.45, 2.75) is 81.9 Å². The number of halogens is 1. The van der Waals surface area contributed by atoms with Crippen molar-refractivity contribution in [1.29, 1.82) is 0 Å². The van der Waals surface area contributed by atoms with Crippen LogP contribution in [0.4, 0.5) is 5.69 Å². The van der Waals surface area contributed by atoms with Gasteiger partial charge in [0.1, 0.15) is 6.04 Å². The molecule has 8 atom stereocenters. The molecule has 3 aliphatic heterocycles. The first-order valence-electron chi connectivity index (χ1n) is 15.2. The third-order valence-corrected chi connectivity index (χ3v) is 12.0. The van der Waals surface area contributed by atoms with Crippen molar-refractivity contribution in [3.8, 4) is 0 Å². The molecule has 230 valence electrons. The number of aliphatic hydroxyl groups is 1. The molecule has 7 nitrogen and oxygen atoms in total. The van der Waals surface area contributed by atoms with Crippen LogP contribution in [0, 0.1) is 30.6 Å². The monoisotopic (exact) mass is 616 g/mol. The molecular weight excluding hydrogens is 572 g/mol. The van der Waals surface area contributed by atoms with Gasteiger partial charge < -0.3 is 19.6 Å². The minimum atomic E-state index is -0.882. The lowest BCUT2D eigenvalue weighted by Crippen LogP contribution is -2.60. The van der Waals surface area contributed by atoms with Gasteiger partial charge in [0.15, 0.2) is 0 Å². The summed E-state index contributed by atoms with van der Waals surface area (Å²) >= 11 is 8.29. The van der Waals surface area contributed by atoms with Crippen LogP contribution in [0.1, 0.15) is 58.4 Å². The lowest BCUT2D eigenvalue weighted by molar-refractivity contribution is -0.155. The second-order valence-electron chi connectivity index (χ2n) is 12.0. The van der Waals surface area contributed by atoms with Gasteiger partial charge >= 0.3 is 5.97 Å². The second-order valence-corrected chi connectivity index (χ2v) is 14.0. The number of benzene rings is 1. The molecule has 0 aliphatic carbocycles. The number of aryl methyl sites for hydroxylation is 1. The number of rotatable bonds is 14. The first-order chi connectivity index (χ1) is 20.1. The average molecular weight is 617 g/mol. The van der Waals surface area contributed by atoms with Gasteiger partial charge in [0.25, 0.3) is 5.91 Å². The summed E-state index contributed by atoms with van der Waals surface area (Å²) < 4.78 is 4.92. The quantitative estimate of drug-likeness (QED) is 0.161. The molecule has 1 N–H and O–H groups in total. The highest BCUT2D eigenvalue weighted by molar-refractivity contribution is 8.02. The minimum Gasteiger partial charge on any atom is -0.465 e. The molecule has 3 saturated heterocycles. The van der Waals surface area contributed by atoms with Gasteiger partial charge in [-0.15, -0.1) is 24.9 Å². The number of ether oxygens (including phenoxy) is 1. The topological polar surface area (TPSA) is 87.2 Å². The summed E-state index contributed by atoms with van der Waals surface area (Å²) in [4.78, 5) is 46.4. The maximum Gasteiger partial charge on any atom is 0.310 e. The van der Waals surface area contributed by atoms with Crippen molar-refractivity contribution < 1.29 is 24.2 Å². The zero-order valence-corrected chi connectivity index (χ0v) is 26.8. The van der Waals surface area contributed by atoms with Crippen molar-refractivity contribution in [1.82, 2.24) is 4.90 Å². The van der Waals surface area contributed by atoms with Crippen molar-refractivity contribution in [3.63, 3.8) is 0 Å². The molecule has 1 aromatic rings. The molecule has 3 heterocycles. The van der Waals surface area contributed by atoms with Gasteiger partial charge in [-0.05, 0) is 56.1 Å². The number of nitrogens with zero attached hydrogens (tertiary/aromatic N) is 2. The third kappa shape index (κ3) is 5.43. The summed E-state index contributed by atoms with van der Waals surface area (Å²) in [5, 5.41) is 11.0. The smallest absolute Gasteiger partial charge is 0.310 e. The number of carbonyl (C=O) groups is 3. The van der Waals surface area contributed by atoms with Crippen LogP contribution in [0.5, 0.6) is 0 Å². The number of thioether (sulfide) groups is 1. The first-order valence-corrected chi connectivity index (χ1v) is 16.4. The van der Waals surface area contributed by atoms with Gasteiger partial charge in [-0.25, -0.2) is 0 Å². The Bertz CT molecular complexity index is 1190. The molecule has 0 aromatic heterocycles. The van der Waals surface area contributed by atoms with E-state index in [4.69, 9.17) is 16.3 Å². The number of anilines is 1. The fourth-order valence-electron chi connectivity index (χ4n) is 7.37. The lowest BCUT2D eigenvalue weighted by Gasteiger charge is -2.43. The molecule has 3 fully saturated rings. The van der Waals surface area contributed by atoms with Gasteiger partial charge in [-0.3, -0.25) is 14.4 Å². The largest absolute Gasteiger partial charge is 0.465 e. The Hall–Kier alpha value is -2.29. The van der Waals surface area contributed by atoms with E-state index in [0.29, 0.717) is 23.7 Å². The highest BCUT2D eigenvalue weighted by atomic mass is 35.5. The van der Waals surface area contributed by atoms with E-state index in [9.17, 15) is 19.5 Å². The summed E-state index contributed by atoms with van der Waals surface area (Å²) in [6.45, 7) is 15.8. The van der Waals surface area contributed by atoms with E-state index in [1.165, 1.54) is 0 Å². The number of amides is 2. The van der Waals surface area contributed by atoms with Gasteiger partial charge in [-0.2, -0.15) is 0 Å². The SMILES string of the molecule is C=CCCCCOC(=O)[C@@H]1[C@@H]2CC(C)C3(S2)C(C(=O)N(CC=C)c2c(C)cccc2Cl)N([C@@H](CO)[C@@H](C)CC)C(=O)[C@H]13. The van der Waals surface area contributed by atoms with E-state index < -0.39 is 28.7 Å². The number of unbranched alkanes of at least 4 members (excludes halogenated alkanes) is 2. The van der Waals surface area contributed by atoms with Crippen molar-refractivity contribution >= 4 is 46.8 Å². The Balaban J connectivity index is 1.81. The molecular formula is C33H45ClN2O5S. The van der Waals surface area contributed by atoms with E-state index in [-0.39, 0.29) is 48.0 Å². The summed E-state index contributed by atoms with van der Waals surface area (Å²) in [6, 6.07) is 4.04. The number of para-hydroxylation sites is 1. The molecule has 2 bridgehead atoms. The molecule has 2 amide bonds. The molecule has 0 saturated carbocycles. The molecule has 1 aromatic carbocycles. The highest BCUT2D eigenvalue weighted by Gasteiger charge is 2.77. The van der Waals surface area contributed by atoms with E-state index in [1.54, 1.807) is 33.7 Å². The number of fused-ring (bicyclic) bond motifs is 1. The molecule has 0 radical (unpaired) electrons. The predicted octanol–water partition coefficient (Wildman–Crippen LogP) is 5.81. The Morgan fingerprint density at radius 1 is 1.31 bits per heavy atom. The maximum absolute atomic E-state index is 15.0. The van der Waals surface area contributed by atoms with Crippen LogP contribution in [-0.4, -0.2) is 69.6 Å². The third-order valence-electron chi connectivity index (χ3n) is 9.62. The van der Waals surface area contributed by atoms with Gasteiger partial charge in [0, 0.05) is 11.8 Å². The molecule has 42 heavy (non-hydrogen) atoms. The molecule has 3 aliphatic rings. The molecule has 9 heteroatoms. The van der Waals surface area contributed by atoms with Crippen molar-refractivity contribution in [2.24, 2.45) is 23.7 Å². The van der Waals surface area contributed by atoms with Gasteiger partial charge in [0.05, 0.1) is 46.5 Å². The zero-order valence-electron chi connectivity index (χ0n) is 25.3. The number of aliphatic hydroxyl groups excluding tert-OH is 1. The van der Waals surface area contributed by atoms with Crippen LogP contribution in [0.3, 0.4) is 0 Å². The van der Waals surface area contributed by atoms with Gasteiger partial charge in [-0.1, -0.05) is 63.1 Å². The minimum absolute atomic E-state index is 0.00811. The predicted molar refractivity (Wildman–Crippen MR) is 170 cm³/mol. The first kappa shape index (κ1) is 32.6. The van der Waals surface area contributed by atoms with Crippen LogP contribution < -0.4 is 4.90 Å². The number of esters is 1. The van der Waals surface area contributed by atoms with Crippen LogP contribution >= 0.6 is 23.4 Å². The Kier molecular flexibility index (Phi) is 10.5. The number of carbonyl (C=O) groups excluding carboxylic acids is 3. The van der Waals surface area contributed by atoms with Crippen LogP contribution in [0.15, 0.2) is 43.5 Å².